The van der Waals surface area contributed by atoms with Gasteiger partial charge >= 0.3 is 0 Å². The number of pyridine rings is 1. The highest BCUT2D eigenvalue weighted by Crippen LogP contribution is 2.21. The van der Waals surface area contributed by atoms with Crippen molar-refractivity contribution in [2.45, 2.75) is 6.92 Å². The maximum absolute atomic E-state index is 12.9. The Bertz CT molecular complexity index is 960. The van der Waals surface area contributed by atoms with Gasteiger partial charge in [0, 0.05) is 24.6 Å². The maximum Gasteiger partial charge on any atom is 0.259 e. The lowest BCUT2D eigenvalue weighted by Crippen LogP contribution is -2.31. The van der Waals surface area contributed by atoms with Crippen molar-refractivity contribution in [2.75, 3.05) is 16.8 Å². The molecule has 2 amide bonds. The molecule has 0 unspecified atom stereocenters. The summed E-state index contributed by atoms with van der Waals surface area (Å²) in [5, 5.41) is 3.17. The van der Waals surface area contributed by atoms with Crippen molar-refractivity contribution < 1.29 is 9.59 Å². The van der Waals surface area contributed by atoms with E-state index in [4.69, 9.17) is 11.6 Å². The number of nitrogens with one attached hydrogen (secondary N) is 1. The van der Waals surface area contributed by atoms with Gasteiger partial charge in [0.05, 0.1) is 21.8 Å². The van der Waals surface area contributed by atoms with Crippen LogP contribution in [0.25, 0.3) is 0 Å². The molecule has 0 aliphatic carbocycles. The monoisotopic (exact) mass is 379 g/mol. The van der Waals surface area contributed by atoms with E-state index >= 15 is 0 Å². The number of halogens is 1. The summed E-state index contributed by atoms with van der Waals surface area (Å²) in [6.07, 6.45) is 2.88. The molecule has 0 fully saturated rings. The lowest BCUT2D eigenvalue weighted by molar-refractivity contribution is 0.0988. The Morgan fingerprint density at radius 2 is 1.67 bits per heavy atom. The van der Waals surface area contributed by atoms with Crippen molar-refractivity contribution in [1.82, 2.24) is 4.98 Å². The molecule has 0 saturated carbocycles. The van der Waals surface area contributed by atoms with Crippen LogP contribution < -0.4 is 10.2 Å². The molecule has 2 aromatic carbocycles. The van der Waals surface area contributed by atoms with Crippen LogP contribution in [-0.2, 0) is 0 Å². The Hall–Kier alpha value is -3.18. The number of benzene rings is 2. The minimum atomic E-state index is -0.381. The first kappa shape index (κ1) is 18.6. The van der Waals surface area contributed by atoms with Gasteiger partial charge in [-0.2, -0.15) is 0 Å². The number of hydrogen-bond donors (Lipinski definition) is 1. The van der Waals surface area contributed by atoms with E-state index in [2.05, 4.69) is 10.3 Å². The third-order valence-electron chi connectivity index (χ3n) is 4.00. The lowest BCUT2D eigenvalue weighted by atomic mass is 10.1. The molecule has 3 rings (SSSR count). The third kappa shape index (κ3) is 4.33. The fourth-order valence-electron chi connectivity index (χ4n) is 2.65. The highest BCUT2D eigenvalue weighted by Gasteiger charge is 2.18. The molecule has 0 radical (unpaired) electrons. The lowest BCUT2D eigenvalue weighted by Gasteiger charge is -2.21. The van der Waals surface area contributed by atoms with Crippen molar-refractivity contribution >= 4 is 34.8 Å². The van der Waals surface area contributed by atoms with E-state index in [1.165, 1.54) is 18.5 Å². The SMILES string of the molecule is CCN(C(=O)c1cncc(C(=O)Nc2ccccc2Cl)c1)c1ccccc1. The molecule has 1 N–H and O–H groups in total. The van der Waals surface area contributed by atoms with E-state index in [1.807, 2.05) is 37.3 Å². The number of aromatic nitrogens is 1. The fourth-order valence-corrected chi connectivity index (χ4v) is 2.83. The minimum Gasteiger partial charge on any atom is -0.321 e. The first-order valence-electron chi connectivity index (χ1n) is 8.48. The number of hydrogen-bond acceptors (Lipinski definition) is 3. The summed E-state index contributed by atoms with van der Waals surface area (Å²) in [6, 6.07) is 17.8. The molecule has 6 heteroatoms. The minimum absolute atomic E-state index is 0.219. The number of amides is 2. The Morgan fingerprint density at radius 1 is 1.00 bits per heavy atom. The van der Waals surface area contributed by atoms with Crippen LogP contribution >= 0.6 is 11.6 Å². The topological polar surface area (TPSA) is 62.3 Å². The quantitative estimate of drug-likeness (QED) is 0.701. The van der Waals surface area contributed by atoms with Gasteiger partial charge < -0.3 is 10.2 Å². The number of carbonyl (C=O) groups excluding carboxylic acids is 2. The van der Waals surface area contributed by atoms with Crippen molar-refractivity contribution in [2.24, 2.45) is 0 Å². The van der Waals surface area contributed by atoms with Gasteiger partial charge in [-0.25, -0.2) is 0 Å². The van der Waals surface area contributed by atoms with Gasteiger partial charge in [0.1, 0.15) is 0 Å². The zero-order valence-electron chi connectivity index (χ0n) is 14.7. The van der Waals surface area contributed by atoms with Crippen LogP contribution in [0.15, 0.2) is 73.1 Å². The highest BCUT2D eigenvalue weighted by atomic mass is 35.5. The Morgan fingerprint density at radius 3 is 2.37 bits per heavy atom. The number of anilines is 2. The standard InChI is InChI=1S/C21H18ClN3O2/c1-2-25(17-8-4-3-5-9-17)21(27)16-12-15(13-23-14-16)20(26)24-19-11-7-6-10-18(19)22/h3-14H,2H2,1H3,(H,24,26). The summed E-state index contributed by atoms with van der Waals surface area (Å²) in [5.74, 6) is -0.600. The van der Waals surface area contributed by atoms with E-state index in [1.54, 1.807) is 29.2 Å². The molecular weight excluding hydrogens is 362 g/mol. The Balaban J connectivity index is 1.83. The second kappa shape index (κ2) is 8.47. The van der Waals surface area contributed by atoms with Crippen LogP contribution in [-0.4, -0.2) is 23.3 Å². The van der Waals surface area contributed by atoms with E-state index < -0.39 is 0 Å². The molecule has 1 aromatic heterocycles. The molecule has 27 heavy (non-hydrogen) atoms. The third-order valence-corrected chi connectivity index (χ3v) is 4.33. The number of rotatable bonds is 5. The highest BCUT2D eigenvalue weighted by molar-refractivity contribution is 6.33. The van der Waals surface area contributed by atoms with Gasteiger partial charge in [-0.3, -0.25) is 14.6 Å². The van der Waals surface area contributed by atoms with Crippen LogP contribution in [0.4, 0.5) is 11.4 Å². The smallest absolute Gasteiger partial charge is 0.259 e. The average molecular weight is 380 g/mol. The number of para-hydroxylation sites is 2. The number of carbonyl (C=O) groups is 2. The van der Waals surface area contributed by atoms with Crippen LogP contribution in [0.5, 0.6) is 0 Å². The Labute approximate surface area is 162 Å². The fraction of sp³-hybridized carbons (Fsp3) is 0.0952. The van der Waals surface area contributed by atoms with Crippen molar-refractivity contribution in [3.8, 4) is 0 Å². The van der Waals surface area contributed by atoms with Crippen molar-refractivity contribution in [3.63, 3.8) is 0 Å². The van der Waals surface area contributed by atoms with Crippen LogP contribution in [0.2, 0.25) is 5.02 Å². The van der Waals surface area contributed by atoms with E-state index in [0.29, 0.717) is 22.8 Å². The summed E-state index contributed by atoms with van der Waals surface area (Å²) >= 11 is 6.07. The molecule has 0 spiro atoms. The van der Waals surface area contributed by atoms with Crippen LogP contribution in [0, 0.1) is 0 Å². The van der Waals surface area contributed by atoms with Gasteiger partial charge in [0.25, 0.3) is 11.8 Å². The first-order chi connectivity index (χ1) is 13.1. The molecule has 1 heterocycles. The molecule has 0 bridgehead atoms. The van der Waals surface area contributed by atoms with E-state index in [0.717, 1.165) is 5.69 Å². The second-order valence-corrected chi connectivity index (χ2v) is 6.19. The van der Waals surface area contributed by atoms with E-state index in [-0.39, 0.29) is 17.4 Å². The molecule has 0 aliphatic rings. The van der Waals surface area contributed by atoms with Gasteiger partial charge in [-0.15, -0.1) is 0 Å². The average Bonchev–Trinajstić information content (AvgIpc) is 2.71. The summed E-state index contributed by atoms with van der Waals surface area (Å²) < 4.78 is 0. The normalized spacial score (nSPS) is 10.3. The summed E-state index contributed by atoms with van der Waals surface area (Å²) in [6.45, 7) is 2.39. The Kier molecular flexibility index (Phi) is 5.84. The number of nitrogens with zero attached hydrogens (tertiary/aromatic N) is 2. The van der Waals surface area contributed by atoms with Crippen LogP contribution in [0.3, 0.4) is 0 Å². The molecule has 0 atom stereocenters. The zero-order chi connectivity index (χ0) is 19.2. The van der Waals surface area contributed by atoms with Crippen LogP contribution in [0.1, 0.15) is 27.6 Å². The second-order valence-electron chi connectivity index (χ2n) is 5.78. The summed E-state index contributed by atoms with van der Waals surface area (Å²) in [4.78, 5) is 31.1. The van der Waals surface area contributed by atoms with Gasteiger partial charge in [0.15, 0.2) is 0 Å². The molecule has 3 aromatic rings. The molecule has 0 saturated heterocycles. The van der Waals surface area contributed by atoms with Gasteiger partial charge in [-0.1, -0.05) is 41.9 Å². The predicted octanol–water partition coefficient (Wildman–Crippen LogP) is 4.65. The molecular formula is C21H18ClN3O2. The van der Waals surface area contributed by atoms with Crippen molar-refractivity contribution in [3.05, 3.63) is 89.2 Å². The van der Waals surface area contributed by atoms with Crippen molar-refractivity contribution in [1.29, 1.82) is 0 Å². The van der Waals surface area contributed by atoms with Gasteiger partial charge in [-0.05, 0) is 37.3 Å². The summed E-state index contributed by atoms with van der Waals surface area (Å²) in [7, 11) is 0. The first-order valence-corrected chi connectivity index (χ1v) is 8.85. The molecule has 136 valence electrons. The summed E-state index contributed by atoms with van der Waals surface area (Å²) in [5.41, 5.74) is 1.91. The van der Waals surface area contributed by atoms with Gasteiger partial charge in [0.2, 0.25) is 0 Å². The van der Waals surface area contributed by atoms with E-state index in [9.17, 15) is 9.59 Å². The predicted molar refractivity (Wildman–Crippen MR) is 107 cm³/mol. The zero-order valence-corrected chi connectivity index (χ0v) is 15.5. The largest absolute Gasteiger partial charge is 0.321 e. The maximum atomic E-state index is 12.9. The molecule has 0 aliphatic heterocycles. The molecule has 5 nitrogen and oxygen atoms in total.